The zero-order valence-electron chi connectivity index (χ0n) is 14.5. The summed E-state index contributed by atoms with van der Waals surface area (Å²) >= 11 is 7.35. The quantitative estimate of drug-likeness (QED) is 0.785. The first kappa shape index (κ1) is 19.0. The van der Waals surface area contributed by atoms with E-state index < -0.39 is 12.1 Å². The first-order valence-corrected chi connectivity index (χ1v) is 10.4. The molecular weight excluding hydrogens is 374 g/mol. The topological polar surface area (TPSA) is 78.5 Å². The van der Waals surface area contributed by atoms with E-state index in [1.807, 2.05) is 18.4 Å². The van der Waals surface area contributed by atoms with E-state index in [1.165, 1.54) is 11.8 Å². The average molecular weight is 396 g/mol. The van der Waals surface area contributed by atoms with Crippen LogP contribution in [0.1, 0.15) is 18.4 Å². The van der Waals surface area contributed by atoms with Crippen LogP contribution in [0.2, 0.25) is 5.02 Å². The number of halogens is 1. The predicted octanol–water partition coefficient (Wildman–Crippen LogP) is 1.22. The minimum Gasteiger partial charge on any atom is -0.352 e. The van der Waals surface area contributed by atoms with Gasteiger partial charge in [-0.2, -0.15) is 11.8 Å². The second kappa shape index (κ2) is 8.31. The van der Waals surface area contributed by atoms with Gasteiger partial charge in [0.15, 0.2) is 0 Å². The number of fused-ring (bicyclic) bond motifs is 1. The molecule has 0 aromatic heterocycles. The van der Waals surface area contributed by atoms with Gasteiger partial charge in [0.25, 0.3) is 0 Å². The van der Waals surface area contributed by atoms with Gasteiger partial charge in [-0.1, -0.05) is 23.7 Å². The number of piperazine rings is 1. The molecule has 0 aliphatic carbocycles. The number of piperidine rings is 1. The van der Waals surface area contributed by atoms with Crippen LogP contribution in [0.15, 0.2) is 24.3 Å². The number of hydrogen-bond acceptors (Lipinski definition) is 4. The molecule has 1 aromatic carbocycles. The SMILES string of the molecule is CSCC(=O)NC1CCN2C(=O)C(Cc3ccc(Cl)cc3)NC(=O)C2C1. The summed E-state index contributed by atoms with van der Waals surface area (Å²) in [6.45, 7) is 0.484. The smallest absolute Gasteiger partial charge is 0.246 e. The number of benzene rings is 1. The van der Waals surface area contributed by atoms with Crippen molar-refractivity contribution >= 4 is 41.1 Å². The second-order valence-corrected chi connectivity index (χ2v) is 7.96. The second-order valence-electron chi connectivity index (χ2n) is 6.66. The highest BCUT2D eigenvalue weighted by Gasteiger charge is 2.43. The van der Waals surface area contributed by atoms with E-state index in [1.54, 1.807) is 17.0 Å². The summed E-state index contributed by atoms with van der Waals surface area (Å²) in [4.78, 5) is 38.8. The molecule has 2 aliphatic rings. The lowest BCUT2D eigenvalue weighted by molar-refractivity contribution is -0.151. The molecule has 8 heteroatoms. The fraction of sp³-hybridized carbons (Fsp3) is 0.500. The van der Waals surface area contributed by atoms with Crippen LogP contribution in [0.4, 0.5) is 0 Å². The Morgan fingerprint density at radius 2 is 2.08 bits per heavy atom. The maximum absolute atomic E-state index is 12.8. The van der Waals surface area contributed by atoms with Crippen LogP contribution in [0.5, 0.6) is 0 Å². The van der Waals surface area contributed by atoms with Crippen molar-refractivity contribution in [3.05, 3.63) is 34.9 Å². The summed E-state index contributed by atoms with van der Waals surface area (Å²) < 4.78 is 0. The van der Waals surface area contributed by atoms with Crippen molar-refractivity contribution < 1.29 is 14.4 Å². The highest BCUT2D eigenvalue weighted by Crippen LogP contribution is 2.24. The lowest BCUT2D eigenvalue weighted by Gasteiger charge is -2.44. The van der Waals surface area contributed by atoms with E-state index in [2.05, 4.69) is 10.6 Å². The van der Waals surface area contributed by atoms with Gasteiger partial charge in [-0.15, -0.1) is 0 Å². The van der Waals surface area contributed by atoms with E-state index in [9.17, 15) is 14.4 Å². The lowest BCUT2D eigenvalue weighted by atomic mass is 9.91. The van der Waals surface area contributed by atoms with Crippen LogP contribution < -0.4 is 10.6 Å². The molecule has 2 aliphatic heterocycles. The van der Waals surface area contributed by atoms with Gasteiger partial charge >= 0.3 is 0 Å². The lowest BCUT2D eigenvalue weighted by Crippen LogP contribution is -2.67. The highest BCUT2D eigenvalue weighted by atomic mass is 35.5. The summed E-state index contributed by atoms with van der Waals surface area (Å²) in [5.74, 6) is 0.170. The number of nitrogens with zero attached hydrogens (tertiary/aromatic N) is 1. The van der Waals surface area contributed by atoms with Gasteiger partial charge in [-0.25, -0.2) is 0 Å². The van der Waals surface area contributed by atoms with Crippen LogP contribution in [0.3, 0.4) is 0 Å². The number of amides is 3. The maximum Gasteiger partial charge on any atom is 0.246 e. The van der Waals surface area contributed by atoms with Crippen molar-refractivity contribution in [1.82, 2.24) is 15.5 Å². The largest absolute Gasteiger partial charge is 0.352 e. The van der Waals surface area contributed by atoms with E-state index >= 15 is 0 Å². The fourth-order valence-electron chi connectivity index (χ4n) is 3.53. The van der Waals surface area contributed by atoms with Crippen LogP contribution in [-0.2, 0) is 20.8 Å². The molecule has 1 aromatic rings. The van der Waals surface area contributed by atoms with Crippen molar-refractivity contribution in [2.24, 2.45) is 0 Å². The molecule has 3 unspecified atom stereocenters. The van der Waals surface area contributed by atoms with E-state index in [0.29, 0.717) is 36.6 Å². The van der Waals surface area contributed by atoms with Crippen molar-refractivity contribution in [1.29, 1.82) is 0 Å². The van der Waals surface area contributed by atoms with Gasteiger partial charge in [0.1, 0.15) is 12.1 Å². The van der Waals surface area contributed by atoms with Crippen LogP contribution in [0.25, 0.3) is 0 Å². The Hall–Kier alpha value is -1.73. The highest BCUT2D eigenvalue weighted by molar-refractivity contribution is 7.99. The Bertz CT molecular complexity index is 697. The number of rotatable bonds is 5. The molecule has 2 N–H and O–H groups in total. The van der Waals surface area contributed by atoms with Crippen molar-refractivity contribution in [2.45, 2.75) is 37.4 Å². The van der Waals surface area contributed by atoms with E-state index in [-0.39, 0.29) is 23.8 Å². The molecular formula is C18H22ClN3O3S. The van der Waals surface area contributed by atoms with Gasteiger partial charge < -0.3 is 15.5 Å². The molecule has 0 saturated carbocycles. The molecule has 3 rings (SSSR count). The Balaban J connectivity index is 1.63. The molecule has 2 fully saturated rings. The number of carbonyl (C=O) groups excluding carboxylic acids is 3. The molecule has 6 nitrogen and oxygen atoms in total. The van der Waals surface area contributed by atoms with Gasteiger partial charge in [-0.05, 0) is 36.8 Å². The van der Waals surface area contributed by atoms with Crippen molar-refractivity contribution in [3.8, 4) is 0 Å². The van der Waals surface area contributed by atoms with Gasteiger partial charge in [0.2, 0.25) is 17.7 Å². The summed E-state index contributed by atoms with van der Waals surface area (Å²) in [6.07, 6.45) is 3.45. The fourth-order valence-corrected chi connectivity index (χ4v) is 4.01. The van der Waals surface area contributed by atoms with Gasteiger partial charge in [-0.3, -0.25) is 14.4 Å². The van der Waals surface area contributed by atoms with E-state index in [4.69, 9.17) is 11.6 Å². The molecule has 0 bridgehead atoms. The van der Waals surface area contributed by atoms with E-state index in [0.717, 1.165) is 5.56 Å². The van der Waals surface area contributed by atoms with Crippen LogP contribution >= 0.6 is 23.4 Å². The maximum atomic E-state index is 12.8. The zero-order valence-corrected chi connectivity index (χ0v) is 16.1. The third kappa shape index (κ3) is 4.32. The normalized spacial score (nSPS) is 25.5. The number of thioether (sulfide) groups is 1. The number of nitrogens with one attached hydrogen (secondary N) is 2. The molecule has 0 spiro atoms. The molecule has 26 heavy (non-hydrogen) atoms. The van der Waals surface area contributed by atoms with Crippen LogP contribution in [-0.4, -0.2) is 59.3 Å². The molecule has 3 atom stereocenters. The Labute approximate surface area is 162 Å². The third-order valence-electron chi connectivity index (χ3n) is 4.80. The minimum absolute atomic E-state index is 0.0286. The number of carbonyl (C=O) groups is 3. The molecule has 140 valence electrons. The van der Waals surface area contributed by atoms with Crippen LogP contribution in [0, 0.1) is 0 Å². The average Bonchev–Trinajstić information content (AvgIpc) is 2.61. The Morgan fingerprint density at radius 1 is 1.35 bits per heavy atom. The molecule has 2 saturated heterocycles. The summed E-state index contributed by atoms with van der Waals surface area (Å²) in [5, 5.41) is 6.44. The Kier molecular flexibility index (Phi) is 6.09. The minimum atomic E-state index is -0.553. The summed E-state index contributed by atoms with van der Waals surface area (Å²) in [6, 6.07) is 6.15. The summed E-state index contributed by atoms with van der Waals surface area (Å²) in [5.41, 5.74) is 0.950. The van der Waals surface area contributed by atoms with Crippen molar-refractivity contribution in [2.75, 3.05) is 18.6 Å². The monoisotopic (exact) mass is 395 g/mol. The van der Waals surface area contributed by atoms with Gasteiger partial charge in [0, 0.05) is 24.0 Å². The third-order valence-corrected chi connectivity index (χ3v) is 5.60. The summed E-state index contributed by atoms with van der Waals surface area (Å²) in [7, 11) is 0. The molecule has 3 amide bonds. The first-order valence-electron chi connectivity index (χ1n) is 8.61. The predicted molar refractivity (Wildman–Crippen MR) is 102 cm³/mol. The standard InChI is InChI=1S/C18H22ClN3O3S/c1-26-10-16(23)20-13-6-7-22-15(9-13)17(24)21-14(18(22)25)8-11-2-4-12(19)5-3-11/h2-5,13-15H,6-10H2,1H3,(H,20,23)(H,21,24). The Morgan fingerprint density at radius 3 is 2.77 bits per heavy atom. The number of hydrogen-bond donors (Lipinski definition) is 2. The zero-order chi connectivity index (χ0) is 18.7. The molecule has 2 heterocycles. The van der Waals surface area contributed by atoms with Crippen molar-refractivity contribution in [3.63, 3.8) is 0 Å². The van der Waals surface area contributed by atoms with Gasteiger partial charge in [0.05, 0.1) is 5.75 Å². The first-order chi connectivity index (χ1) is 12.5. The molecule has 0 radical (unpaired) electrons.